The maximum absolute atomic E-state index is 13.7. The zero-order valence-electron chi connectivity index (χ0n) is 16.5. The van der Waals surface area contributed by atoms with Gasteiger partial charge in [0.2, 0.25) is 0 Å². The zero-order valence-corrected chi connectivity index (χ0v) is 17.3. The number of sulfone groups is 1. The fraction of sp³-hybridized carbons (Fsp3) is 0.474. The van der Waals surface area contributed by atoms with Gasteiger partial charge in [0, 0.05) is 43.3 Å². The molecule has 1 atom stereocenters. The van der Waals surface area contributed by atoms with Crippen LogP contribution in [0.2, 0.25) is 0 Å². The van der Waals surface area contributed by atoms with Gasteiger partial charge in [-0.25, -0.2) is 23.1 Å². The van der Waals surface area contributed by atoms with Gasteiger partial charge in [-0.15, -0.1) is 0 Å². The summed E-state index contributed by atoms with van der Waals surface area (Å²) in [5.41, 5.74) is 1.05. The number of rotatable bonds is 5. The second-order valence-corrected chi connectivity index (χ2v) is 10.0. The smallest absolute Gasteiger partial charge is 0.318 e. The Morgan fingerprint density at radius 2 is 2.13 bits per heavy atom. The Balaban J connectivity index is 1.66. The van der Waals surface area contributed by atoms with Crippen LogP contribution in [0.5, 0.6) is 0 Å². The third-order valence-corrected chi connectivity index (χ3v) is 7.38. The molecule has 11 heteroatoms. The van der Waals surface area contributed by atoms with Crippen molar-refractivity contribution in [3.8, 4) is 23.7 Å². The van der Waals surface area contributed by atoms with Crippen molar-refractivity contribution in [1.82, 2.24) is 20.3 Å². The van der Waals surface area contributed by atoms with Crippen LogP contribution in [0.25, 0.3) is 0 Å². The first-order valence-corrected chi connectivity index (χ1v) is 11.0. The monoisotopic (exact) mass is 436 g/mol. The Kier molecular flexibility index (Phi) is 5.65. The number of aromatic nitrogens is 1. The van der Waals surface area contributed by atoms with Crippen molar-refractivity contribution < 1.29 is 27.6 Å². The molecule has 0 unspecified atom stereocenters. The molecule has 9 nitrogen and oxygen atoms in total. The highest BCUT2D eigenvalue weighted by atomic mass is 32.2. The number of nitrogens with one attached hydrogen (secondary N) is 2. The Labute approximate surface area is 173 Å². The van der Waals surface area contributed by atoms with E-state index in [0.29, 0.717) is 11.3 Å². The quantitative estimate of drug-likeness (QED) is 0.329. The van der Waals surface area contributed by atoms with Crippen LogP contribution in [0.15, 0.2) is 12.3 Å². The van der Waals surface area contributed by atoms with Crippen molar-refractivity contribution >= 4 is 21.8 Å². The molecule has 3 N–H and O–H groups in total. The van der Waals surface area contributed by atoms with Crippen LogP contribution in [0.3, 0.4) is 0 Å². The molecule has 1 aromatic rings. The predicted molar refractivity (Wildman–Crippen MR) is 105 cm³/mol. The normalized spacial score (nSPS) is 18.8. The molecule has 1 fully saturated rings. The number of amides is 2. The minimum Gasteiger partial charge on any atom is -0.318 e. The first-order chi connectivity index (χ1) is 14.0. The molecule has 2 aliphatic heterocycles. The zero-order chi connectivity index (χ0) is 22.2. The van der Waals surface area contributed by atoms with Gasteiger partial charge in [0.25, 0.3) is 5.91 Å². The van der Waals surface area contributed by atoms with Crippen LogP contribution >= 0.6 is 0 Å². The second kappa shape index (κ2) is 7.76. The lowest BCUT2D eigenvalue weighted by Gasteiger charge is -2.29. The summed E-state index contributed by atoms with van der Waals surface area (Å²) >= 11 is 0. The number of nitrogens with zero attached hydrogens (tertiary/aromatic N) is 2. The van der Waals surface area contributed by atoms with E-state index in [1.165, 1.54) is 28.1 Å². The van der Waals surface area contributed by atoms with Gasteiger partial charge < -0.3 is 10.2 Å². The van der Waals surface area contributed by atoms with Gasteiger partial charge in [0.05, 0.1) is 6.54 Å². The number of fused-ring (bicyclic) bond motifs is 1. The molecule has 0 radical (unpaired) electrons. The van der Waals surface area contributed by atoms with Crippen LogP contribution in [-0.2, 0) is 21.2 Å². The maximum atomic E-state index is 13.7. The topological polar surface area (TPSA) is 121 Å². The van der Waals surface area contributed by atoms with E-state index in [2.05, 4.69) is 29.0 Å². The van der Waals surface area contributed by atoms with E-state index >= 15 is 0 Å². The fourth-order valence-electron chi connectivity index (χ4n) is 3.08. The summed E-state index contributed by atoms with van der Waals surface area (Å²) in [7, 11) is -3.85. The van der Waals surface area contributed by atoms with Crippen LogP contribution < -0.4 is 10.8 Å². The van der Waals surface area contributed by atoms with Gasteiger partial charge in [0.1, 0.15) is 0 Å². The summed E-state index contributed by atoms with van der Waals surface area (Å²) in [6, 6.07) is 1.31. The standard InChI is InChI=1S/C19H21FN4O5S/c1-18(16(25)22-27,30(2,28)29)7-8-23-11-15-9-14(10-24(15)17(23)26)5-3-4-6-19(20)12-21-13-19/h9-10,21,27H,7-8,11-13H2,1-2H3,(H,22,25)/t18-/m1/s1. The van der Waals surface area contributed by atoms with Gasteiger partial charge in [-0.3, -0.25) is 14.6 Å². The fourth-order valence-corrected chi connectivity index (χ4v) is 3.92. The van der Waals surface area contributed by atoms with Crippen LogP contribution in [-0.4, -0.2) is 71.3 Å². The first kappa shape index (κ1) is 21.8. The number of hydrogen-bond donors (Lipinski definition) is 3. The molecule has 3 heterocycles. The number of halogens is 1. The minimum absolute atomic E-state index is 0.00336. The highest BCUT2D eigenvalue weighted by molar-refractivity contribution is 7.92. The molecule has 0 bridgehead atoms. The SMILES string of the molecule is C[C@@](CCN1Cc2cc(C#CC#CC3(F)CNC3)cn2C1=O)(C(=O)NO)S(C)(=O)=O. The Hall–Kier alpha value is -2.86. The molecule has 160 valence electrons. The summed E-state index contributed by atoms with van der Waals surface area (Å²) in [4.78, 5) is 25.9. The highest BCUT2D eigenvalue weighted by Crippen LogP contribution is 2.25. The van der Waals surface area contributed by atoms with Crippen molar-refractivity contribution in [2.45, 2.75) is 30.3 Å². The van der Waals surface area contributed by atoms with E-state index in [0.717, 1.165) is 6.26 Å². The Morgan fingerprint density at radius 1 is 1.43 bits per heavy atom. The van der Waals surface area contributed by atoms with Gasteiger partial charge in [-0.05, 0) is 37.2 Å². The summed E-state index contributed by atoms with van der Waals surface area (Å²) in [5, 5.41) is 11.7. The van der Waals surface area contributed by atoms with Crippen LogP contribution in [0, 0.1) is 23.7 Å². The molecule has 3 rings (SSSR count). The van der Waals surface area contributed by atoms with E-state index in [9.17, 15) is 22.4 Å². The molecule has 1 saturated heterocycles. The van der Waals surface area contributed by atoms with Crippen molar-refractivity contribution in [1.29, 1.82) is 0 Å². The third kappa shape index (κ3) is 4.05. The third-order valence-electron chi connectivity index (χ3n) is 5.35. The van der Waals surface area contributed by atoms with Crippen LogP contribution in [0.1, 0.15) is 24.6 Å². The summed E-state index contributed by atoms with van der Waals surface area (Å²) in [6.45, 7) is 1.78. The molecule has 0 aromatic carbocycles. The number of hydroxylamine groups is 1. The summed E-state index contributed by atoms with van der Waals surface area (Å²) < 4.78 is 37.3. The number of alkyl halides is 1. The number of hydrogen-bond acceptors (Lipinski definition) is 6. The Morgan fingerprint density at radius 3 is 2.67 bits per heavy atom. The predicted octanol–water partition coefficient (Wildman–Crippen LogP) is -0.363. The number of carbonyl (C=O) groups excluding carboxylic acids is 2. The van der Waals surface area contributed by atoms with Gasteiger partial charge >= 0.3 is 6.03 Å². The van der Waals surface area contributed by atoms with Gasteiger partial charge in [-0.1, -0.05) is 5.92 Å². The van der Waals surface area contributed by atoms with E-state index in [-0.39, 0.29) is 38.6 Å². The lowest BCUT2D eigenvalue weighted by Crippen LogP contribution is -2.55. The van der Waals surface area contributed by atoms with Crippen molar-refractivity contribution in [2.24, 2.45) is 0 Å². The molecule has 0 saturated carbocycles. The van der Waals surface area contributed by atoms with Crippen molar-refractivity contribution in [3.05, 3.63) is 23.5 Å². The highest BCUT2D eigenvalue weighted by Gasteiger charge is 2.44. The average molecular weight is 436 g/mol. The lowest BCUT2D eigenvalue weighted by molar-refractivity contribution is -0.131. The Bertz CT molecular complexity index is 1120. The minimum atomic E-state index is -3.85. The van der Waals surface area contributed by atoms with E-state index in [1.807, 2.05) is 0 Å². The first-order valence-electron chi connectivity index (χ1n) is 9.07. The summed E-state index contributed by atoms with van der Waals surface area (Å²) in [5.74, 6) is 9.22. The number of carbonyl (C=O) groups is 2. The van der Waals surface area contributed by atoms with Gasteiger partial charge in [-0.2, -0.15) is 0 Å². The molecule has 0 spiro atoms. The molecule has 0 aliphatic carbocycles. The average Bonchev–Trinajstić information content (AvgIpc) is 3.19. The molecule has 1 aromatic heterocycles. The van der Waals surface area contributed by atoms with E-state index in [4.69, 9.17) is 5.21 Å². The molecular weight excluding hydrogens is 415 g/mol. The molecule has 2 amide bonds. The van der Waals surface area contributed by atoms with Crippen molar-refractivity contribution in [2.75, 3.05) is 25.9 Å². The lowest BCUT2D eigenvalue weighted by atomic mass is 10.0. The molecule has 30 heavy (non-hydrogen) atoms. The summed E-state index contributed by atoms with van der Waals surface area (Å²) in [6.07, 6.45) is 2.24. The van der Waals surface area contributed by atoms with Crippen molar-refractivity contribution in [3.63, 3.8) is 0 Å². The van der Waals surface area contributed by atoms with Gasteiger partial charge in [0.15, 0.2) is 20.3 Å². The molecular formula is C19H21FN4O5S. The van der Waals surface area contributed by atoms with E-state index < -0.39 is 26.2 Å². The molecule has 2 aliphatic rings. The van der Waals surface area contributed by atoms with E-state index in [1.54, 1.807) is 6.07 Å². The maximum Gasteiger partial charge on any atom is 0.328 e. The van der Waals surface area contributed by atoms with Crippen LogP contribution in [0.4, 0.5) is 9.18 Å². The second-order valence-electron chi connectivity index (χ2n) is 7.56. The largest absolute Gasteiger partial charge is 0.328 e.